The molecule has 4 nitrogen and oxygen atoms in total. The van der Waals surface area contributed by atoms with Gasteiger partial charge in [0.15, 0.2) is 5.13 Å². The molecule has 0 aliphatic carbocycles. The summed E-state index contributed by atoms with van der Waals surface area (Å²) in [7, 11) is 3.97. The molecular weight excluding hydrogens is 354 g/mol. The van der Waals surface area contributed by atoms with Crippen LogP contribution in [0.3, 0.4) is 0 Å². The van der Waals surface area contributed by atoms with Gasteiger partial charge in [0.05, 0.1) is 4.88 Å². The van der Waals surface area contributed by atoms with Crippen LogP contribution in [-0.4, -0.2) is 48.8 Å². The maximum Gasteiger partial charge on any atom is 0.186 e. The first-order chi connectivity index (χ1) is 12.0. The quantitative estimate of drug-likeness (QED) is 0.831. The molecule has 3 rings (SSSR count). The fourth-order valence-corrected chi connectivity index (χ4v) is 4.64. The van der Waals surface area contributed by atoms with Crippen LogP contribution in [0.1, 0.15) is 23.3 Å². The number of thiazole rings is 1. The molecule has 0 spiro atoms. The average Bonchev–Trinajstić information content (AvgIpc) is 2.99. The molecule has 1 aromatic heterocycles. The molecule has 1 aliphatic heterocycles. The number of likely N-dealkylation sites (tertiary alicyclic amines) is 1. The Bertz CT molecular complexity index is 681. The van der Waals surface area contributed by atoms with Gasteiger partial charge in [-0.15, -0.1) is 0 Å². The van der Waals surface area contributed by atoms with Gasteiger partial charge in [-0.3, -0.25) is 4.90 Å². The SMILES string of the molecule is CN(C)c1nc(Cl)c(CN2CCC(CO)(Cc3ccccc3)CC2)s1. The van der Waals surface area contributed by atoms with E-state index in [-0.39, 0.29) is 12.0 Å². The first-order valence-electron chi connectivity index (χ1n) is 8.71. The number of benzene rings is 1. The minimum atomic E-state index is 0.00411. The highest BCUT2D eigenvalue weighted by molar-refractivity contribution is 7.16. The van der Waals surface area contributed by atoms with E-state index in [0.29, 0.717) is 5.15 Å². The van der Waals surface area contributed by atoms with Gasteiger partial charge >= 0.3 is 0 Å². The monoisotopic (exact) mass is 379 g/mol. The van der Waals surface area contributed by atoms with Gasteiger partial charge < -0.3 is 10.0 Å². The zero-order valence-corrected chi connectivity index (χ0v) is 16.5. The molecule has 0 unspecified atom stereocenters. The van der Waals surface area contributed by atoms with Crippen molar-refractivity contribution in [3.05, 3.63) is 45.9 Å². The Kier molecular flexibility index (Phi) is 6.00. The highest BCUT2D eigenvalue weighted by atomic mass is 35.5. The van der Waals surface area contributed by atoms with Gasteiger partial charge in [-0.1, -0.05) is 53.3 Å². The molecule has 1 aromatic carbocycles. The maximum absolute atomic E-state index is 10.0. The Morgan fingerprint density at radius 3 is 2.48 bits per heavy atom. The lowest BCUT2D eigenvalue weighted by Crippen LogP contribution is -2.42. The van der Waals surface area contributed by atoms with E-state index in [2.05, 4.69) is 34.1 Å². The molecule has 0 saturated carbocycles. The van der Waals surface area contributed by atoms with E-state index >= 15 is 0 Å². The summed E-state index contributed by atoms with van der Waals surface area (Å²) in [5.74, 6) is 0. The van der Waals surface area contributed by atoms with Crippen LogP contribution in [0.15, 0.2) is 30.3 Å². The predicted octanol–water partition coefficient (Wildman–Crippen LogP) is 3.68. The molecule has 2 heterocycles. The van der Waals surface area contributed by atoms with Crippen molar-refractivity contribution in [3.8, 4) is 0 Å². The number of rotatable bonds is 6. The summed E-state index contributed by atoms with van der Waals surface area (Å²) in [6, 6.07) is 10.5. The van der Waals surface area contributed by atoms with Crippen LogP contribution in [0.25, 0.3) is 0 Å². The molecule has 1 N–H and O–H groups in total. The second kappa shape index (κ2) is 8.04. The van der Waals surface area contributed by atoms with Crippen molar-refractivity contribution in [2.24, 2.45) is 5.41 Å². The summed E-state index contributed by atoms with van der Waals surface area (Å²) in [5.41, 5.74) is 1.32. The third-order valence-electron chi connectivity index (χ3n) is 5.06. The third-order valence-corrected chi connectivity index (χ3v) is 6.69. The van der Waals surface area contributed by atoms with Crippen LogP contribution >= 0.6 is 22.9 Å². The van der Waals surface area contributed by atoms with Crippen molar-refractivity contribution in [2.45, 2.75) is 25.8 Å². The second-order valence-electron chi connectivity index (χ2n) is 7.20. The number of aromatic nitrogens is 1. The standard InChI is InChI=1S/C19H26ClN3OS/c1-22(2)18-21-17(20)16(25-18)13-23-10-8-19(14-24,9-11-23)12-15-6-4-3-5-7-15/h3-7,24H,8-14H2,1-2H3. The van der Waals surface area contributed by atoms with E-state index < -0.39 is 0 Å². The molecule has 25 heavy (non-hydrogen) atoms. The first-order valence-corrected chi connectivity index (χ1v) is 9.90. The van der Waals surface area contributed by atoms with Crippen LogP contribution in [0.2, 0.25) is 5.15 Å². The van der Waals surface area contributed by atoms with Crippen LogP contribution in [0.5, 0.6) is 0 Å². The number of hydrogen-bond acceptors (Lipinski definition) is 5. The fraction of sp³-hybridized carbons (Fsp3) is 0.526. The summed E-state index contributed by atoms with van der Waals surface area (Å²) in [5, 5.41) is 11.6. The Morgan fingerprint density at radius 2 is 1.92 bits per heavy atom. The van der Waals surface area contributed by atoms with E-state index in [1.807, 2.05) is 25.1 Å². The molecule has 1 saturated heterocycles. The average molecular weight is 380 g/mol. The largest absolute Gasteiger partial charge is 0.396 e. The number of piperidine rings is 1. The zero-order chi connectivity index (χ0) is 17.9. The molecular formula is C19H26ClN3OS. The highest BCUT2D eigenvalue weighted by Gasteiger charge is 2.34. The molecule has 1 fully saturated rings. The van der Waals surface area contributed by atoms with Crippen LogP contribution < -0.4 is 4.90 Å². The van der Waals surface area contributed by atoms with Crippen molar-refractivity contribution in [2.75, 3.05) is 38.7 Å². The summed E-state index contributed by atoms with van der Waals surface area (Å²) in [6.07, 6.45) is 2.97. The van der Waals surface area contributed by atoms with Crippen molar-refractivity contribution < 1.29 is 5.11 Å². The van der Waals surface area contributed by atoms with E-state index in [1.54, 1.807) is 11.3 Å². The molecule has 1 aliphatic rings. The lowest BCUT2D eigenvalue weighted by Gasteiger charge is -2.40. The summed E-state index contributed by atoms with van der Waals surface area (Å²) >= 11 is 7.97. The summed E-state index contributed by atoms with van der Waals surface area (Å²) in [6.45, 7) is 3.07. The number of halogens is 1. The molecule has 2 aromatic rings. The summed E-state index contributed by atoms with van der Waals surface area (Å²) < 4.78 is 0. The van der Waals surface area contributed by atoms with Crippen molar-refractivity contribution >= 4 is 28.1 Å². The number of aliphatic hydroxyl groups excluding tert-OH is 1. The van der Waals surface area contributed by atoms with Gasteiger partial charge in [-0.05, 0) is 43.3 Å². The van der Waals surface area contributed by atoms with Crippen LogP contribution in [0.4, 0.5) is 5.13 Å². The van der Waals surface area contributed by atoms with Gasteiger partial charge in [0, 0.05) is 27.2 Å². The van der Waals surface area contributed by atoms with Crippen molar-refractivity contribution in [1.82, 2.24) is 9.88 Å². The smallest absolute Gasteiger partial charge is 0.186 e. The van der Waals surface area contributed by atoms with Gasteiger partial charge in [-0.2, -0.15) is 0 Å². The molecule has 6 heteroatoms. The van der Waals surface area contributed by atoms with Gasteiger partial charge in [-0.25, -0.2) is 4.98 Å². The second-order valence-corrected chi connectivity index (χ2v) is 8.62. The van der Waals surface area contributed by atoms with E-state index in [1.165, 1.54) is 5.56 Å². The maximum atomic E-state index is 10.0. The first kappa shape index (κ1) is 18.6. The van der Waals surface area contributed by atoms with Crippen molar-refractivity contribution in [1.29, 1.82) is 0 Å². The highest BCUT2D eigenvalue weighted by Crippen LogP contribution is 2.36. The number of hydrogen-bond donors (Lipinski definition) is 1. The van der Waals surface area contributed by atoms with Gasteiger partial charge in [0.25, 0.3) is 0 Å². The lowest BCUT2D eigenvalue weighted by atomic mass is 9.74. The predicted molar refractivity (Wildman–Crippen MR) is 106 cm³/mol. The number of anilines is 1. The normalized spacial score (nSPS) is 17.6. The Labute approximate surface area is 159 Å². The van der Waals surface area contributed by atoms with E-state index in [0.717, 1.165) is 48.9 Å². The van der Waals surface area contributed by atoms with E-state index in [4.69, 9.17) is 11.6 Å². The minimum Gasteiger partial charge on any atom is -0.396 e. The van der Waals surface area contributed by atoms with Gasteiger partial charge in [0.1, 0.15) is 5.15 Å². The number of aliphatic hydroxyl groups is 1. The van der Waals surface area contributed by atoms with Crippen LogP contribution in [0, 0.1) is 5.41 Å². The Balaban J connectivity index is 1.60. The Morgan fingerprint density at radius 1 is 1.24 bits per heavy atom. The van der Waals surface area contributed by atoms with Gasteiger partial charge in [0.2, 0.25) is 0 Å². The molecule has 136 valence electrons. The number of nitrogens with zero attached hydrogens (tertiary/aromatic N) is 3. The molecule has 0 atom stereocenters. The topological polar surface area (TPSA) is 39.6 Å². The minimum absolute atomic E-state index is 0.00411. The molecule has 0 amide bonds. The fourth-order valence-electron chi connectivity index (χ4n) is 3.42. The Hall–Kier alpha value is -1.14. The molecule has 0 bridgehead atoms. The lowest BCUT2D eigenvalue weighted by molar-refractivity contribution is 0.0417. The van der Waals surface area contributed by atoms with Crippen molar-refractivity contribution in [3.63, 3.8) is 0 Å². The molecule has 0 radical (unpaired) electrons. The third kappa shape index (κ3) is 4.53. The summed E-state index contributed by atoms with van der Waals surface area (Å²) in [4.78, 5) is 9.97. The van der Waals surface area contributed by atoms with E-state index in [9.17, 15) is 5.11 Å². The van der Waals surface area contributed by atoms with Crippen LogP contribution in [-0.2, 0) is 13.0 Å². The zero-order valence-electron chi connectivity index (χ0n) is 14.9.